The van der Waals surface area contributed by atoms with Crippen molar-refractivity contribution in [3.05, 3.63) is 68.5 Å². The number of methoxy groups -OCH3 is 1. The van der Waals surface area contributed by atoms with Crippen LogP contribution in [0, 0.1) is 0 Å². The van der Waals surface area contributed by atoms with Gasteiger partial charge in [-0.1, -0.05) is 12.1 Å². The number of carbonyl (C=O) groups is 1. The van der Waals surface area contributed by atoms with Crippen molar-refractivity contribution in [3.8, 4) is 11.5 Å². The standard InChI is InChI=1S/C23H23F2N3O3S2/c1-27(13-15-7-8-18(31-23(24)25)19(11-15)30-2)14-22(29)28-17(21-6-4-10-33-21)12-16(26-28)20-5-3-9-32-20/h3-11,17,23H,12-14H2,1-2H3/p+1. The van der Waals surface area contributed by atoms with Crippen molar-refractivity contribution in [1.29, 1.82) is 0 Å². The Bertz CT molecular complexity index is 1100. The molecular formula is C23H24F2N3O3S2+. The van der Waals surface area contributed by atoms with Crippen LogP contribution in [0.4, 0.5) is 8.78 Å². The molecule has 0 spiro atoms. The zero-order valence-electron chi connectivity index (χ0n) is 18.2. The lowest BCUT2D eigenvalue weighted by Gasteiger charge is -2.22. The van der Waals surface area contributed by atoms with Gasteiger partial charge in [-0.25, -0.2) is 5.01 Å². The molecular weight excluding hydrogens is 468 g/mol. The number of nitrogens with zero attached hydrogens (tertiary/aromatic N) is 2. The Morgan fingerprint density at radius 1 is 1.21 bits per heavy atom. The number of quaternary nitrogens is 1. The van der Waals surface area contributed by atoms with E-state index in [0.29, 0.717) is 13.0 Å². The molecule has 1 aliphatic rings. The molecule has 2 unspecified atom stereocenters. The molecule has 6 nitrogen and oxygen atoms in total. The molecule has 0 radical (unpaired) electrons. The highest BCUT2D eigenvalue weighted by atomic mass is 32.1. The molecule has 1 amide bonds. The number of hydrogen-bond donors (Lipinski definition) is 1. The number of rotatable bonds is 9. The number of thiophene rings is 2. The van der Waals surface area contributed by atoms with Gasteiger partial charge in [0.15, 0.2) is 18.0 Å². The summed E-state index contributed by atoms with van der Waals surface area (Å²) in [6.07, 6.45) is 0.689. The van der Waals surface area contributed by atoms with Crippen LogP contribution in [-0.2, 0) is 11.3 Å². The number of ether oxygens (including phenoxy) is 2. The van der Waals surface area contributed by atoms with Crippen LogP contribution in [0.3, 0.4) is 0 Å². The van der Waals surface area contributed by atoms with Crippen molar-refractivity contribution in [2.45, 2.75) is 25.6 Å². The maximum absolute atomic E-state index is 13.2. The molecule has 0 saturated carbocycles. The zero-order valence-corrected chi connectivity index (χ0v) is 19.8. The summed E-state index contributed by atoms with van der Waals surface area (Å²) in [7, 11) is 3.31. The van der Waals surface area contributed by atoms with Gasteiger partial charge in [-0.2, -0.15) is 13.9 Å². The maximum atomic E-state index is 13.2. The summed E-state index contributed by atoms with van der Waals surface area (Å²) >= 11 is 3.24. The van der Waals surface area contributed by atoms with Crippen molar-refractivity contribution in [2.75, 3.05) is 20.7 Å². The van der Waals surface area contributed by atoms with E-state index in [-0.39, 0.29) is 30.0 Å². The molecule has 10 heteroatoms. The fourth-order valence-electron chi connectivity index (χ4n) is 3.80. The Morgan fingerprint density at radius 3 is 2.67 bits per heavy atom. The fourth-order valence-corrected chi connectivity index (χ4v) is 5.33. The summed E-state index contributed by atoms with van der Waals surface area (Å²) in [6.45, 7) is -2.18. The van der Waals surface area contributed by atoms with E-state index in [1.165, 1.54) is 13.2 Å². The van der Waals surface area contributed by atoms with Crippen LogP contribution in [0.2, 0.25) is 0 Å². The van der Waals surface area contributed by atoms with E-state index in [1.54, 1.807) is 39.8 Å². The van der Waals surface area contributed by atoms with Gasteiger partial charge in [0.25, 0.3) is 5.91 Å². The average Bonchev–Trinajstić information content (AvgIpc) is 3.54. The first-order valence-electron chi connectivity index (χ1n) is 10.3. The van der Waals surface area contributed by atoms with Gasteiger partial charge in [-0.05, 0) is 41.1 Å². The van der Waals surface area contributed by atoms with Gasteiger partial charge in [0, 0.05) is 16.9 Å². The normalized spacial score (nSPS) is 16.7. The molecule has 2 atom stereocenters. The topological polar surface area (TPSA) is 55.6 Å². The van der Waals surface area contributed by atoms with Gasteiger partial charge < -0.3 is 14.4 Å². The summed E-state index contributed by atoms with van der Waals surface area (Å²) in [4.78, 5) is 16.4. The number of nitrogens with one attached hydrogen (secondary N) is 1. The van der Waals surface area contributed by atoms with Crippen LogP contribution < -0.4 is 14.4 Å². The maximum Gasteiger partial charge on any atom is 0.387 e. The SMILES string of the molecule is COc1cc(C[NH+](C)CC(=O)N2N=C(c3cccs3)CC2c2cccs2)ccc1OC(F)F. The molecule has 0 aliphatic carbocycles. The predicted octanol–water partition coefficient (Wildman–Crippen LogP) is 3.81. The van der Waals surface area contributed by atoms with Crippen molar-refractivity contribution >= 4 is 34.3 Å². The number of hydrazone groups is 1. The Morgan fingerprint density at radius 2 is 2.00 bits per heavy atom. The van der Waals surface area contributed by atoms with E-state index in [0.717, 1.165) is 25.9 Å². The second kappa shape index (κ2) is 10.4. The number of likely N-dealkylation sites (N-methyl/N-ethyl adjacent to an activating group) is 1. The molecule has 4 rings (SSSR count). The lowest BCUT2D eigenvalue weighted by Crippen LogP contribution is -3.08. The highest BCUT2D eigenvalue weighted by Gasteiger charge is 2.35. The van der Waals surface area contributed by atoms with E-state index < -0.39 is 6.61 Å². The average molecular weight is 493 g/mol. The minimum atomic E-state index is -2.92. The molecule has 1 aliphatic heterocycles. The summed E-state index contributed by atoms with van der Waals surface area (Å²) in [6, 6.07) is 12.7. The van der Waals surface area contributed by atoms with E-state index in [9.17, 15) is 13.6 Å². The number of benzene rings is 1. The summed E-state index contributed by atoms with van der Waals surface area (Å²) in [5.41, 5.74) is 1.77. The first-order chi connectivity index (χ1) is 15.9. The van der Waals surface area contributed by atoms with Crippen LogP contribution in [0.15, 0.2) is 58.3 Å². The Balaban J connectivity index is 1.46. The smallest absolute Gasteiger partial charge is 0.387 e. The second-order valence-corrected chi connectivity index (χ2v) is 9.60. The van der Waals surface area contributed by atoms with Crippen molar-refractivity contribution < 1.29 is 27.9 Å². The summed E-state index contributed by atoms with van der Waals surface area (Å²) in [5, 5.41) is 10.3. The number of alkyl halides is 2. The number of hydrogen-bond acceptors (Lipinski definition) is 6. The zero-order chi connectivity index (χ0) is 23.4. The quantitative estimate of drug-likeness (QED) is 0.494. The molecule has 0 fully saturated rings. The number of halogens is 2. The van der Waals surface area contributed by atoms with Crippen LogP contribution in [0.5, 0.6) is 11.5 Å². The first-order valence-corrected chi connectivity index (χ1v) is 12.1. The van der Waals surface area contributed by atoms with E-state index in [2.05, 4.69) is 4.74 Å². The molecule has 1 N–H and O–H groups in total. The highest BCUT2D eigenvalue weighted by Crippen LogP contribution is 2.35. The molecule has 0 saturated heterocycles. The van der Waals surface area contributed by atoms with Gasteiger partial charge in [-0.3, -0.25) is 4.79 Å². The Kier molecular flexibility index (Phi) is 7.36. The predicted molar refractivity (Wildman–Crippen MR) is 124 cm³/mol. The van der Waals surface area contributed by atoms with Gasteiger partial charge >= 0.3 is 6.61 Å². The van der Waals surface area contributed by atoms with Crippen molar-refractivity contribution in [1.82, 2.24) is 5.01 Å². The van der Waals surface area contributed by atoms with Gasteiger partial charge in [0.1, 0.15) is 6.54 Å². The largest absolute Gasteiger partial charge is 0.493 e. The monoisotopic (exact) mass is 492 g/mol. The second-order valence-electron chi connectivity index (χ2n) is 7.67. The highest BCUT2D eigenvalue weighted by molar-refractivity contribution is 7.12. The molecule has 33 heavy (non-hydrogen) atoms. The Labute approximate surface area is 198 Å². The molecule has 1 aromatic carbocycles. The molecule has 3 heterocycles. The third-order valence-corrected chi connectivity index (χ3v) is 7.14. The van der Waals surface area contributed by atoms with Gasteiger partial charge in [0.05, 0.1) is 30.8 Å². The lowest BCUT2D eigenvalue weighted by molar-refractivity contribution is -0.885. The fraction of sp³-hybridized carbons (Fsp3) is 0.304. The third kappa shape index (κ3) is 5.58. The molecule has 0 bridgehead atoms. The minimum Gasteiger partial charge on any atom is -0.493 e. The van der Waals surface area contributed by atoms with Gasteiger partial charge in [-0.15, -0.1) is 22.7 Å². The van der Waals surface area contributed by atoms with Crippen LogP contribution in [-0.4, -0.2) is 43.9 Å². The van der Waals surface area contributed by atoms with Crippen molar-refractivity contribution in [3.63, 3.8) is 0 Å². The lowest BCUT2D eigenvalue weighted by atomic mass is 10.1. The van der Waals surface area contributed by atoms with Crippen LogP contribution in [0.1, 0.15) is 27.8 Å². The van der Waals surface area contributed by atoms with Crippen LogP contribution in [0.25, 0.3) is 0 Å². The third-order valence-electron chi connectivity index (χ3n) is 5.25. The van der Waals surface area contributed by atoms with Crippen LogP contribution >= 0.6 is 22.7 Å². The first kappa shape index (κ1) is 23.3. The molecule has 2 aromatic heterocycles. The van der Waals surface area contributed by atoms with E-state index in [4.69, 9.17) is 9.84 Å². The van der Waals surface area contributed by atoms with Crippen molar-refractivity contribution in [2.24, 2.45) is 5.10 Å². The minimum absolute atomic E-state index is 0.0173. The number of amides is 1. The number of carbonyl (C=O) groups excluding carboxylic acids is 1. The van der Waals surface area contributed by atoms with E-state index in [1.807, 2.05) is 42.1 Å². The summed E-state index contributed by atoms with van der Waals surface area (Å²) in [5.74, 6) is 0.146. The Hall–Kier alpha value is -2.82. The molecule has 3 aromatic rings. The molecule has 174 valence electrons. The van der Waals surface area contributed by atoms with E-state index >= 15 is 0 Å². The van der Waals surface area contributed by atoms with Gasteiger partial charge in [0.2, 0.25) is 0 Å². The summed E-state index contributed by atoms with van der Waals surface area (Å²) < 4.78 is 34.8.